The summed E-state index contributed by atoms with van der Waals surface area (Å²) in [5.74, 6) is -2.51. The van der Waals surface area contributed by atoms with Gasteiger partial charge in [0, 0.05) is 6.54 Å². The first kappa shape index (κ1) is 21.4. The highest BCUT2D eigenvalue weighted by Gasteiger charge is 2.35. The number of hydrogen-bond donors (Lipinski definition) is 4. The van der Waals surface area contributed by atoms with Gasteiger partial charge in [0.2, 0.25) is 17.7 Å². The second-order valence-corrected chi connectivity index (χ2v) is 6.83. The monoisotopic (exact) mass is 390 g/mol. The molecule has 1 aromatic carbocycles. The number of likely N-dealkylation sites (tertiary alicyclic amines) is 1. The molecular formula is C19H26N4O5. The van der Waals surface area contributed by atoms with Crippen molar-refractivity contribution < 1.29 is 24.3 Å². The minimum absolute atomic E-state index is 0.264. The fourth-order valence-corrected chi connectivity index (χ4v) is 3.07. The van der Waals surface area contributed by atoms with Crippen LogP contribution in [0, 0.1) is 0 Å². The number of amides is 3. The van der Waals surface area contributed by atoms with Crippen LogP contribution in [-0.2, 0) is 25.6 Å². The first-order valence-corrected chi connectivity index (χ1v) is 9.19. The molecule has 152 valence electrons. The molecule has 0 aromatic heterocycles. The van der Waals surface area contributed by atoms with Gasteiger partial charge in [-0.1, -0.05) is 30.3 Å². The Balaban J connectivity index is 1.84. The second-order valence-electron chi connectivity index (χ2n) is 6.83. The minimum Gasteiger partial charge on any atom is -0.480 e. The minimum atomic E-state index is -1.15. The molecule has 0 bridgehead atoms. The highest BCUT2D eigenvalue weighted by Crippen LogP contribution is 2.17. The molecule has 9 heteroatoms. The lowest BCUT2D eigenvalue weighted by Crippen LogP contribution is -2.52. The van der Waals surface area contributed by atoms with Crippen molar-refractivity contribution in [3.63, 3.8) is 0 Å². The van der Waals surface area contributed by atoms with Crippen molar-refractivity contribution in [1.29, 1.82) is 0 Å². The Labute approximate surface area is 163 Å². The zero-order valence-electron chi connectivity index (χ0n) is 15.8. The zero-order chi connectivity index (χ0) is 20.7. The third kappa shape index (κ3) is 5.78. The number of carbonyl (C=O) groups is 4. The molecule has 1 fully saturated rings. The number of aliphatic carboxylic acids is 1. The standard InChI is InChI=1S/C19H26N4O5/c1-12(19(27)28)22-18(26)15-8-5-9-23(15)16(24)11-21-17(25)14(20)10-13-6-3-2-4-7-13/h2-4,6-7,12,14-15H,5,8-11,20H2,1H3,(H,21,25)(H,22,26)(H,27,28). The lowest BCUT2D eigenvalue weighted by Gasteiger charge is -2.25. The lowest BCUT2D eigenvalue weighted by molar-refractivity contribution is -0.143. The van der Waals surface area contributed by atoms with Crippen molar-refractivity contribution in [3.05, 3.63) is 35.9 Å². The molecule has 3 unspecified atom stereocenters. The highest BCUT2D eigenvalue weighted by atomic mass is 16.4. The summed E-state index contributed by atoms with van der Waals surface area (Å²) in [6, 6.07) is 6.75. The van der Waals surface area contributed by atoms with E-state index in [4.69, 9.17) is 10.8 Å². The van der Waals surface area contributed by atoms with Crippen molar-refractivity contribution in [1.82, 2.24) is 15.5 Å². The SMILES string of the molecule is CC(NC(=O)C1CCCN1C(=O)CNC(=O)C(N)Cc1ccccc1)C(=O)O. The van der Waals surface area contributed by atoms with Crippen molar-refractivity contribution in [3.8, 4) is 0 Å². The Bertz CT molecular complexity index is 724. The average Bonchev–Trinajstić information content (AvgIpc) is 3.16. The Morgan fingerprint density at radius 3 is 2.57 bits per heavy atom. The topological polar surface area (TPSA) is 142 Å². The molecule has 0 aliphatic carbocycles. The molecule has 1 saturated heterocycles. The van der Waals surface area contributed by atoms with E-state index in [0.717, 1.165) is 5.56 Å². The lowest BCUT2D eigenvalue weighted by atomic mass is 10.1. The predicted molar refractivity (Wildman–Crippen MR) is 101 cm³/mol. The van der Waals surface area contributed by atoms with Gasteiger partial charge in [-0.15, -0.1) is 0 Å². The summed E-state index contributed by atoms with van der Waals surface area (Å²) >= 11 is 0. The second kappa shape index (κ2) is 9.84. The third-order valence-corrected chi connectivity index (χ3v) is 4.65. The van der Waals surface area contributed by atoms with Gasteiger partial charge >= 0.3 is 5.97 Å². The number of nitrogens with two attached hydrogens (primary N) is 1. The Hall–Kier alpha value is -2.94. The Morgan fingerprint density at radius 1 is 1.25 bits per heavy atom. The van der Waals surface area contributed by atoms with Gasteiger partial charge in [0.25, 0.3) is 0 Å². The number of hydrogen-bond acceptors (Lipinski definition) is 5. The maximum absolute atomic E-state index is 12.4. The number of nitrogens with one attached hydrogen (secondary N) is 2. The van der Waals surface area contributed by atoms with E-state index >= 15 is 0 Å². The number of carboxylic acids is 1. The van der Waals surface area contributed by atoms with Crippen LogP contribution in [-0.4, -0.2) is 64.9 Å². The molecule has 3 amide bonds. The molecule has 1 aliphatic rings. The van der Waals surface area contributed by atoms with Gasteiger partial charge in [-0.2, -0.15) is 0 Å². The summed E-state index contributed by atoms with van der Waals surface area (Å²) in [6.45, 7) is 1.47. The fourth-order valence-electron chi connectivity index (χ4n) is 3.07. The van der Waals surface area contributed by atoms with Crippen LogP contribution in [0.2, 0.25) is 0 Å². The van der Waals surface area contributed by atoms with Crippen molar-refractivity contribution in [2.24, 2.45) is 5.73 Å². The van der Waals surface area contributed by atoms with E-state index in [9.17, 15) is 19.2 Å². The van der Waals surface area contributed by atoms with Crippen LogP contribution in [0.1, 0.15) is 25.3 Å². The molecule has 28 heavy (non-hydrogen) atoms. The summed E-state index contributed by atoms with van der Waals surface area (Å²) < 4.78 is 0. The fraction of sp³-hybridized carbons (Fsp3) is 0.474. The Kier molecular flexibility index (Phi) is 7.51. The number of carboxylic acid groups (broad SMARTS) is 1. The molecule has 0 radical (unpaired) electrons. The smallest absolute Gasteiger partial charge is 0.325 e. The first-order chi connectivity index (χ1) is 13.3. The normalized spacial score (nSPS) is 18.2. The first-order valence-electron chi connectivity index (χ1n) is 9.19. The number of carbonyl (C=O) groups excluding carboxylic acids is 3. The van der Waals surface area contributed by atoms with Gasteiger partial charge in [0.15, 0.2) is 0 Å². The number of rotatable bonds is 8. The van der Waals surface area contributed by atoms with Crippen molar-refractivity contribution >= 4 is 23.7 Å². The van der Waals surface area contributed by atoms with Crippen LogP contribution >= 0.6 is 0 Å². The van der Waals surface area contributed by atoms with Crippen LogP contribution < -0.4 is 16.4 Å². The zero-order valence-corrected chi connectivity index (χ0v) is 15.8. The predicted octanol–water partition coefficient (Wildman–Crippen LogP) is -0.747. The molecule has 1 heterocycles. The van der Waals surface area contributed by atoms with E-state index in [1.54, 1.807) is 0 Å². The molecule has 0 saturated carbocycles. The van der Waals surface area contributed by atoms with E-state index in [1.165, 1.54) is 11.8 Å². The Morgan fingerprint density at radius 2 is 1.93 bits per heavy atom. The van der Waals surface area contributed by atoms with Gasteiger partial charge in [-0.3, -0.25) is 19.2 Å². The summed E-state index contributed by atoms with van der Waals surface area (Å²) in [4.78, 5) is 49.1. The molecule has 1 aliphatic heterocycles. The van der Waals surface area contributed by atoms with Crippen LogP contribution in [0.3, 0.4) is 0 Å². The molecule has 3 atom stereocenters. The number of benzene rings is 1. The van der Waals surface area contributed by atoms with Gasteiger partial charge in [-0.25, -0.2) is 0 Å². The van der Waals surface area contributed by atoms with E-state index < -0.39 is 41.8 Å². The molecular weight excluding hydrogens is 364 g/mol. The summed E-state index contributed by atoms with van der Waals surface area (Å²) in [7, 11) is 0. The van der Waals surface area contributed by atoms with Crippen LogP contribution in [0.15, 0.2) is 30.3 Å². The molecule has 5 N–H and O–H groups in total. The van der Waals surface area contributed by atoms with Crippen molar-refractivity contribution in [2.75, 3.05) is 13.1 Å². The number of nitrogens with zero attached hydrogens (tertiary/aromatic N) is 1. The molecule has 0 spiro atoms. The van der Waals surface area contributed by atoms with E-state index in [-0.39, 0.29) is 6.54 Å². The third-order valence-electron chi connectivity index (χ3n) is 4.65. The van der Waals surface area contributed by atoms with Crippen molar-refractivity contribution in [2.45, 2.75) is 44.3 Å². The maximum atomic E-state index is 12.4. The van der Waals surface area contributed by atoms with E-state index in [1.807, 2.05) is 30.3 Å². The van der Waals surface area contributed by atoms with Gasteiger partial charge in [0.05, 0.1) is 12.6 Å². The molecule has 9 nitrogen and oxygen atoms in total. The largest absolute Gasteiger partial charge is 0.480 e. The van der Waals surface area contributed by atoms with Gasteiger partial charge in [-0.05, 0) is 31.7 Å². The van der Waals surface area contributed by atoms with Crippen LogP contribution in [0.4, 0.5) is 0 Å². The highest BCUT2D eigenvalue weighted by molar-refractivity contribution is 5.92. The van der Waals surface area contributed by atoms with E-state index in [2.05, 4.69) is 10.6 Å². The quantitative estimate of drug-likeness (QED) is 0.460. The molecule has 2 rings (SSSR count). The summed E-state index contributed by atoms with van der Waals surface area (Å²) in [6.07, 6.45) is 1.43. The van der Waals surface area contributed by atoms with Gasteiger partial charge < -0.3 is 26.4 Å². The maximum Gasteiger partial charge on any atom is 0.325 e. The van der Waals surface area contributed by atoms with E-state index in [0.29, 0.717) is 25.8 Å². The summed E-state index contributed by atoms with van der Waals surface area (Å²) in [5, 5.41) is 13.8. The van der Waals surface area contributed by atoms with Crippen LogP contribution in [0.25, 0.3) is 0 Å². The molecule has 1 aromatic rings. The average molecular weight is 390 g/mol. The van der Waals surface area contributed by atoms with Crippen LogP contribution in [0.5, 0.6) is 0 Å². The summed E-state index contributed by atoms with van der Waals surface area (Å²) in [5.41, 5.74) is 6.81. The van der Waals surface area contributed by atoms with Gasteiger partial charge in [0.1, 0.15) is 12.1 Å².